The van der Waals surface area contributed by atoms with Gasteiger partial charge in [-0.1, -0.05) is 13.0 Å². The molecule has 1 aromatic carbocycles. The third kappa shape index (κ3) is 2.33. The number of nitriles is 1. The topological polar surface area (TPSA) is 66.9 Å². The second kappa shape index (κ2) is 4.43. The average molecular weight is 188 g/mol. The first-order valence-corrected chi connectivity index (χ1v) is 4.41. The van der Waals surface area contributed by atoms with Crippen LogP contribution in [-0.4, -0.2) is 6.29 Å². The van der Waals surface area contributed by atoms with Crippen LogP contribution < -0.4 is 5.73 Å². The van der Waals surface area contributed by atoms with Crippen LogP contribution in [0.1, 0.15) is 18.1 Å². The number of hydrogen-bond donors (Lipinski definition) is 1. The van der Waals surface area contributed by atoms with Crippen LogP contribution in [0.3, 0.4) is 0 Å². The molecule has 3 nitrogen and oxygen atoms in total. The lowest BCUT2D eigenvalue weighted by Gasteiger charge is -2.07. The van der Waals surface area contributed by atoms with Gasteiger partial charge in [-0.25, -0.2) is 0 Å². The van der Waals surface area contributed by atoms with Gasteiger partial charge in [-0.3, -0.25) is 0 Å². The summed E-state index contributed by atoms with van der Waals surface area (Å²) in [6.07, 6.45) is 1.53. The molecule has 0 amide bonds. The summed E-state index contributed by atoms with van der Waals surface area (Å²) in [5.74, 6) is -0.0368. The van der Waals surface area contributed by atoms with E-state index < -0.39 is 0 Å². The van der Waals surface area contributed by atoms with Gasteiger partial charge in [-0.05, 0) is 24.1 Å². The number of nitrogens with two attached hydrogens (primary N) is 1. The Balaban J connectivity index is 2.90. The molecule has 0 fully saturated rings. The van der Waals surface area contributed by atoms with E-state index in [-0.39, 0.29) is 5.92 Å². The van der Waals surface area contributed by atoms with Gasteiger partial charge in [0.15, 0.2) is 0 Å². The van der Waals surface area contributed by atoms with Crippen molar-refractivity contribution in [2.75, 3.05) is 5.73 Å². The average Bonchev–Trinajstić information content (AvgIpc) is 2.20. The molecule has 0 spiro atoms. The predicted molar refractivity (Wildman–Crippen MR) is 54.5 cm³/mol. The van der Waals surface area contributed by atoms with Crippen LogP contribution in [0, 0.1) is 17.2 Å². The Kier molecular flexibility index (Phi) is 3.24. The molecule has 0 heterocycles. The fourth-order valence-electron chi connectivity index (χ4n) is 1.25. The maximum Gasteiger partial charge on any atom is 0.123 e. The molecule has 1 aromatic rings. The number of rotatable bonds is 3. The molecule has 0 aromatic heterocycles. The van der Waals surface area contributed by atoms with Crippen LogP contribution in [-0.2, 0) is 11.2 Å². The highest BCUT2D eigenvalue weighted by Crippen LogP contribution is 2.17. The molecule has 14 heavy (non-hydrogen) atoms. The summed E-state index contributed by atoms with van der Waals surface area (Å²) in [5.41, 5.74) is 7.78. The standard InChI is InChI=1S/C11H12N2O/c1-8(7-14)4-10-3-2-9(6-12)5-11(10)13/h2-3,5,7-8H,4,13H2,1H3. The van der Waals surface area contributed by atoms with E-state index in [9.17, 15) is 4.79 Å². The Morgan fingerprint density at radius 3 is 2.86 bits per heavy atom. The second-order valence-corrected chi connectivity index (χ2v) is 3.34. The zero-order valence-electron chi connectivity index (χ0n) is 8.03. The van der Waals surface area contributed by atoms with Crippen molar-refractivity contribution in [3.05, 3.63) is 29.3 Å². The molecule has 0 saturated heterocycles. The van der Waals surface area contributed by atoms with E-state index in [1.165, 1.54) is 0 Å². The van der Waals surface area contributed by atoms with Crippen molar-refractivity contribution in [3.63, 3.8) is 0 Å². The summed E-state index contributed by atoms with van der Waals surface area (Å²) in [6.45, 7) is 1.84. The molecule has 0 aliphatic heterocycles. The number of benzene rings is 1. The van der Waals surface area contributed by atoms with Crippen LogP contribution in [0.4, 0.5) is 5.69 Å². The number of hydrogen-bond acceptors (Lipinski definition) is 3. The first-order valence-electron chi connectivity index (χ1n) is 4.41. The number of aldehydes is 1. The van der Waals surface area contributed by atoms with E-state index in [0.29, 0.717) is 17.7 Å². The number of carbonyl (C=O) groups is 1. The van der Waals surface area contributed by atoms with Gasteiger partial charge < -0.3 is 10.5 Å². The van der Waals surface area contributed by atoms with E-state index in [0.717, 1.165) is 11.8 Å². The lowest BCUT2D eigenvalue weighted by Crippen LogP contribution is -2.03. The molecule has 0 aliphatic carbocycles. The third-order valence-corrected chi connectivity index (χ3v) is 2.05. The minimum Gasteiger partial charge on any atom is -0.398 e. The lowest BCUT2D eigenvalue weighted by atomic mass is 10.00. The summed E-state index contributed by atoms with van der Waals surface area (Å²) in [4.78, 5) is 10.5. The van der Waals surface area contributed by atoms with E-state index in [1.54, 1.807) is 18.2 Å². The molecule has 2 N–H and O–H groups in total. The Labute approximate surface area is 83.2 Å². The maximum absolute atomic E-state index is 10.5. The summed E-state index contributed by atoms with van der Waals surface area (Å²) >= 11 is 0. The summed E-state index contributed by atoms with van der Waals surface area (Å²) < 4.78 is 0. The van der Waals surface area contributed by atoms with Crippen molar-refractivity contribution in [3.8, 4) is 6.07 Å². The highest BCUT2D eigenvalue weighted by molar-refractivity contribution is 5.57. The third-order valence-electron chi connectivity index (χ3n) is 2.05. The van der Waals surface area contributed by atoms with Crippen molar-refractivity contribution in [2.24, 2.45) is 5.92 Å². The highest BCUT2D eigenvalue weighted by atomic mass is 16.1. The monoisotopic (exact) mass is 188 g/mol. The fourth-order valence-corrected chi connectivity index (χ4v) is 1.25. The van der Waals surface area contributed by atoms with Gasteiger partial charge in [0.05, 0.1) is 11.6 Å². The minimum absolute atomic E-state index is 0.0368. The SMILES string of the molecule is CC(C=O)Cc1ccc(C#N)cc1N. The molecule has 1 rings (SSSR count). The van der Waals surface area contributed by atoms with Crippen molar-refractivity contribution < 1.29 is 4.79 Å². The van der Waals surface area contributed by atoms with Crippen LogP contribution in [0.25, 0.3) is 0 Å². The van der Waals surface area contributed by atoms with Crippen LogP contribution in [0.2, 0.25) is 0 Å². The van der Waals surface area contributed by atoms with Crippen LogP contribution in [0.15, 0.2) is 18.2 Å². The van der Waals surface area contributed by atoms with Gasteiger partial charge in [-0.15, -0.1) is 0 Å². The smallest absolute Gasteiger partial charge is 0.123 e. The first kappa shape index (κ1) is 10.3. The Hall–Kier alpha value is -1.82. The molecule has 0 bridgehead atoms. The fraction of sp³-hybridized carbons (Fsp3) is 0.273. The van der Waals surface area contributed by atoms with Crippen molar-refractivity contribution in [1.29, 1.82) is 5.26 Å². The van der Waals surface area contributed by atoms with Gasteiger partial charge in [0.25, 0.3) is 0 Å². The Morgan fingerprint density at radius 2 is 2.36 bits per heavy atom. The summed E-state index contributed by atoms with van der Waals surface area (Å²) in [7, 11) is 0. The summed E-state index contributed by atoms with van der Waals surface area (Å²) in [6, 6.07) is 7.16. The predicted octanol–water partition coefficient (Wildman–Crippen LogP) is 1.52. The van der Waals surface area contributed by atoms with E-state index in [4.69, 9.17) is 11.0 Å². The van der Waals surface area contributed by atoms with Crippen molar-refractivity contribution in [2.45, 2.75) is 13.3 Å². The van der Waals surface area contributed by atoms with Crippen molar-refractivity contribution in [1.82, 2.24) is 0 Å². The number of nitrogen functional groups attached to an aromatic ring is 1. The van der Waals surface area contributed by atoms with Crippen LogP contribution in [0.5, 0.6) is 0 Å². The maximum atomic E-state index is 10.5. The molecule has 0 aliphatic rings. The molecule has 1 atom stereocenters. The van der Waals surface area contributed by atoms with Gasteiger partial charge in [0.1, 0.15) is 6.29 Å². The molecule has 1 unspecified atom stereocenters. The zero-order chi connectivity index (χ0) is 10.6. The zero-order valence-corrected chi connectivity index (χ0v) is 8.03. The van der Waals surface area contributed by atoms with Gasteiger partial charge in [0, 0.05) is 11.6 Å². The molecule has 3 heteroatoms. The van der Waals surface area contributed by atoms with Crippen LogP contribution >= 0.6 is 0 Å². The Bertz CT molecular complexity index is 379. The van der Waals surface area contributed by atoms with E-state index in [1.807, 2.05) is 13.0 Å². The second-order valence-electron chi connectivity index (χ2n) is 3.34. The molecule has 0 saturated carbocycles. The minimum atomic E-state index is -0.0368. The number of nitrogens with zero attached hydrogens (tertiary/aromatic N) is 1. The quantitative estimate of drug-likeness (QED) is 0.577. The van der Waals surface area contributed by atoms with E-state index >= 15 is 0 Å². The highest BCUT2D eigenvalue weighted by Gasteiger charge is 2.05. The van der Waals surface area contributed by atoms with Crippen molar-refractivity contribution >= 4 is 12.0 Å². The summed E-state index contributed by atoms with van der Waals surface area (Å²) in [5, 5.41) is 8.62. The number of carbonyl (C=O) groups excluding carboxylic acids is 1. The van der Waals surface area contributed by atoms with Gasteiger partial charge >= 0.3 is 0 Å². The molecular weight excluding hydrogens is 176 g/mol. The Morgan fingerprint density at radius 1 is 1.64 bits per heavy atom. The first-order chi connectivity index (χ1) is 6.67. The largest absolute Gasteiger partial charge is 0.398 e. The molecule has 0 radical (unpaired) electrons. The molecule has 72 valence electrons. The van der Waals surface area contributed by atoms with Gasteiger partial charge in [-0.2, -0.15) is 5.26 Å². The molecular formula is C11H12N2O. The van der Waals surface area contributed by atoms with Gasteiger partial charge in [0.2, 0.25) is 0 Å². The normalized spacial score (nSPS) is 11.7. The van der Waals surface area contributed by atoms with E-state index in [2.05, 4.69) is 0 Å². The lowest BCUT2D eigenvalue weighted by molar-refractivity contribution is -0.110. The number of anilines is 1.